The highest BCUT2D eigenvalue weighted by Crippen LogP contribution is 2.26. The van der Waals surface area contributed by atoms with Gasteiger partial charge in [-0.2, -0.15) is 0 Å². The molecule has 0 spiro atoms. The van der Waals surface area contributed by atoms with E-state index >= 15 is 0 Å². The summed E-state index contributed by atoms with van der Waals surface area (Å²) in [7, 11) is 1.35. The lowest BCUT2D eigenvalue weighted by Crippen LogP contribution is -1.97. The lowest BCUT2D eigenvalue weighted by atomic mass is 10.2. The summed E-state index contributed by atoms with van der Waals surface area (Å²) in [4.78, 5) is 2.65. The third-order valence-electron chi connectivity index (χ3n) is 3.10. The first-order valence-corrected chi connectivity index (χ1v) is 6.36. The normalized spacial score (nSPS) is 11.0. The fourth-order valence-electron chi connectivity index (χ4n) is 2.18. The van der Waals surface area contributed by atoms with E-state index < -0.39 is 17.5 Å². The van der Waals surface area contributed by atoms with Gasteiger partial charge in [0.2, 0.25) is 0 Å². The topological polar surface area (TPSA) is 29.9 Å². The van der Waals surface area contributed by atoms with Gasteiger partial charge >= 0.3 is 0 Å². The van der Waals surface area contributed by atoms with Crippen molar-refractivity contribution in [3.63, 3.8) is 0 Å². The average Bonchev–Trinajstić information content (AvgIpc) is 2.75. The van der Waals surface area contributed by atoms with Crippen molar-refractivity contribution in [1.82, 2.24) is 9.55 Å². The molecule has 0 aliphatic rings. The summed E-state index contributed by atoms with van der Waals surface area (Å²) >= 11 is 5.11. The molecule has 0 aliphatic carbocycles. The molecule has 2 aromatic carbocycles. The molecule has 0 bridgehead atoms. The number of benzene rings is 2. The van der Waals surface area contributed by atoms with Gasteiger partial charge in [-0.05, 0) is 24.4 Å². The van der Waals surface area contributed by atoms with Crippen LogP contribution in [0.1, 0.15) is 0 Å². The van der Waals surface area contributed by atoms with Crippen molar-refractivity contribution in [2.75, 3.05) is 7.11 Å². The van der Waals surface area contributed by atoms with E-state index in [9.17, 15) is 13.2 Å². The summed E-state index contributed by atoms with van der Waals surface area (Å²) in [5.41, 5.74) is 0.606. The van der Waals surface area contributed by atoms with Crippen LogP contribution >= 0.6 is 12.2 Å². The molecule has 0 atom stereocenters. The predicted octanol–water partition coefficient (Wildman–Crippen LogP) is 4.11. The summed E-state index contributed by atoms with van der Waals surface area (Å²) < 4.78 is 47.3. The van der Waals surface area contributed by atoms with Crippen molar-refractivity contribution in [3.8, 4) is 11.4 Å². The number of ether oxygens (including phenoxy) is 1. The number of imidazole rings is 1. The van der Waals surface area contributed by atoms with E-state index in [-0.39, 0.29) is 21.6 Å². The molecule has 108 valence electrons. The Morgan fingerprint density at radius 1 is 1.10 bits per heavy atom. The Balaban J connectivity index is 2.32. The van der Waals surface area contributed by atoms with Gasteiger partial charge < -0.3 is 9.72 Å². The van der Waals surface area contributed by atoms with Crippen LogP contribution in [0.15, 0.2) is 30.3 Å². The lowest BCUT2D eigenvalue weighted by Gasteiger charge is -2.07. The molecule has 1 heterocycles. The van der Waals surface area contributed by atoms with Gasteiger partial charge in [-0.25, -0.2) is 13.2 Å². The molecule has 0 saturated heterocycles. The van der Waals surface area contributed by atoms with Crippen molar-refractivity contribution in [2.24, 2.45) is 0 Å². The van der Waals surface area contributed by atoms with Gasteiger partial charge in [0, 0.05) is 18.2 Å². The summed E-state index contributed by atoms with van der Waals surface area (Å²) in [6, 6.07) is 6.04. The van der Waals surface area contributed by atoms with Gasteiger partial charge in [0.05, 0.1) is 18.3 Å². The number of methoxy groups -OCH3 is 1. The minimum Gasteiger partial charge on any atom is -0.494 e. The minimum atomic E-state index is -0.760. The third-order valence-corrected chi connectivity index (χ3v) is 3.39. The van der Waals surface area contributed by atoms with E-state index in [0.717, 1.165) is 12.1 Å². The summed E-state index contributed by atoms with van der Waals surface area (Å²) in [5, 5.41) is 0. The molecular formula is C14H9F3N2OS. The zero-order chi connectivity index (χ0) is 15.1. The van der Waals surface area contributed by atoms with E-state index in [1.54, 1.807) is 6.07 Å². The Morgan fingerprint density at radius 2 is 1.86 bits per heavy atom. The third kappa shape index (κ3) is 2.19. The molecule has 0 radical (unpaired) electrons. The number of H-pyrrole nitrogens is 1. The molecule has 1 aromatic heterocycles. The van der Waals surface area contributed by atoms with Crippen LogP contribution in [0.3, 0.4) is 0 Å². The number of nitrogens with one attached hydrogen (secondary N) is 1. The maximum Gasteiger partial charge on any atom is 0.182 e. The number of fused-ring (bicyclic) bond motifs is 1. The number of halogens is 3. The summed E-state index contributed by atoms with van der Waals surface area (Å²) in [5.74, 6) is -2.02. The lowest BCUT2D eigenvalue weighted by molar-refractivity contribution is 0.386. The summed E-state index contributed by atoms with van der Waals surface area (Å²) in [6.07, 6.45) is 0. The zero-order valence-corrected chi connectivity index (χ0v) is 11.6. The fraction of sp³-hybridized carbons (Fsp3) is 0.0714. The molecule has 0 saturated carbocycles. The van der Waals surface area contributed by atoms with E-state index in [0.29, 0.717) is 5.69 Å². The van der Waals surface area contributed by atoms with Crippen LogP contribution in [0, 0.1) is 22.2 Å². The van der Waals surface area contributed by atoms with Crippen molar-refractivity contribution >= 4 is 23.3 Å². The number of nitrogens with zero attached hydrogens (tertiary/aromatic N) is 1. The van der Waals surface area contributed by atoms with Crippen LogP contribution in [0.4, 0.5) is 13.2 Å². The molecule has 0 fully saturated rings. The van der Waals surface area contributed by atoms with Crippen LogP contribution in [-0.4, -0.2) is 16.7 Å². The monoisotopic (exact) mass is 310 g/mol. The van der Waals surface area contributed by atoms with E-state index in [1.165, 1.54) is 23.8 Å². The molecular weight excluding hydrogens is 301 g/mol. The number of aromatic nitrogens is 2. The maximum absolute atomic E-state index is 13.8. The summed E-state index contributed by atoms with van der Waals surface area (Å²) in [6.45, 7) is 0. The molecule has 3 rings (SSSR count). The minimum absolute atomic E-state index is 0.0672. The maximum atomic E-state index is 13.8. The van der Waals surface area contributed by atoms with E-state index in [4.69, 9.17) is 17.0 Å². The van der Waals surface area contributed by atoms with Crippen LogP contribution in [0.25, 0.3) is 16.7 Å². The van der Waals surface area contributed by atoms with Gasteiger partial charge in [0.15, 0.2) is 22.2 Å². The molecule has 0 unspecified atom stereocenters. The van der Waals surface area contributed by atoms with Crippen molar-refractivity contribution < 1.29 is 17.9 Å². The number of hydrogen-bond acceptors (Lipinski definition) is 2. The number of hydrogen-bond donors (Lipinski definition) is 1. The first-order chi connectivity index (χ1) is 10.0. The first kappa shape index (κ1) is 13.7. The highest BCUT2D eigenvalue weighted by atomic mass is 32.1. The van der Waals surface area contributed by atoms with E-state index in [2.05, 4.69) is 4.98 Å². The largest absolute Gasteiger partial charge is 0.494 e. The Hall–Kier alpha value is -2.28. The van der Waals surface area contributed by atoms with E-state index in [1.807, 2.05) is 0 Å². The molecule has 3 nitrogen and oxygen atoms in total. The SMILES string of the molecule is COc1ccc(-n2c(=S)[nH]c3c(F)cc(F)cc32)cc1F. The molecule has 7 heteroatoms. The zero-order valence-electron chi connectivity index (χ0n) is 10.8. The van der Waals surface area contributed by atoms with Gasteiger partial charge in [0.1, 0.15) is 11.3 Å². The second-order valence-electron chi connectivity index (χ2n) is 4.37. The number of aromatic amines is 1. The van der Waals surface area contributed by atoms with Gasteiger partial charge in [-0.15, -0.1) is 0 Å². The molecule has 0 aliphatic heterocycles. The molecule has 1 N–H and O–H groups in total. The molecule has 21 heavy (non-hydrogen) atoms. The second kappa shape index (κ2) is 4.92. The van der Waals surface area contributed by atoms with Gasteiger partial charge in [-0.3, -0.25) is 4.57 Å². The smallest absolute Gasteiger partial charge is 0.182 e. The molecule has 3 aromatic rings. The predicted molar refractivity (Wildman–Crippen MR) is 74.9 cm³/mol. The van der Waals surface area contributed by atoms with Crippen LogP contribution < -0.4 is 4.74 Å². The average molecular weight is 310 g/mol. The Bertz CT molecular complexity index is 901. The van der Waals surface area contributed by atoms with Crippen molar-refractivity contribution in [2.45, 2.75) is 0 Å². The highest BCUT2D eigenvalue weighted by Gasteiger charge is 2.13. The number of rotatable bonds is 2. The first-order valence-electron chi connectivity index (χ1n) is 5.95. The quantitative estimate of drug-likeness (QED) is 0.722. The van der Waals surface area contributed by atoms with Crippen LogP contribution in [-0.2, 0) is 0 Å². The van der Waals surface area contributed by atoms with Crippen molar-refractivity contribution in [3.05, 3.63) is 52.6 Å². The standard InChI is InChI=1S/C14H9F3N2OS/c1-20-12-3-2-8(6-9(12)16)19-11-5-7(15)4-10(17)13(11)18-14(19)21/h2-6H,1H3,(H,18,21). The van der Waals surface area contributed by atoms with Crippen molar-refractivity contribution in [1.29, 1.82) is 0 Å². The second-order valence-corrected chi connectivity index (χ2v) is 4.75. The molecule has 0 amide bonds. The Morgan fingerprint density at radius 3 is 2.52 bits per heavy atom. The van der Waals surface area contributed by atoms with Crippen LogP contribution in [0.2, 0.25) is 0 Å². The fourth-order valence-corrected chi connectivity index (χ4v) is 2.49. The van der Waals surface area contributed by atoms with Crippen LogP contribution in [0.5, 0.6) is 5.75 Å². The highest BCUT2D eigenvalue weighted by molar-refractivity contribution is 7.71. The Kier molecular flexibility index (Phi) is 3.21. The Labute approximate surface area is 122 Å². The van der Waals surface area contributed by atoms with Gasteiger partial charge in [0.25, 0.3) is 0 Å². The van der Waals surface area contributed by atoms with Gasteiger partial charge in [-0.1, -0.05) is 0 Å².